The van der Waals surface area contributed by atoms with Crippen LogP contribution in [0.25, 0.3) is 0 Å². The molecule has 0 bridgehead atoms. The maximum absolute atomic E-state index is 12.5. The molecule has 1 amide bonds. The standard InChI is InChI=1S/C24H21ClN4O8/c1-3-35-22-9-6-16(12-23(22)36-4-2)24(30)27-26-14-15-5-8-20(18(25)11-15)37-21-10-7-17(28(31)32)13-19(21)29(33)34/h5-14H,3-4H2,1-2H3,(H,27,30)/b26-14+. The van der Waals surface area contributed by atoms with Crippen molar-refractivity contribution in [3.8, 4) is 23.0 Å². The first-order chi connectivity index (χ1) is 17.7. The smallest absolute Gasteiger partial charge is 0.318 e. The Bertz CT molecular complexity index is 1360. The molecule has 3 rings (SSSR count). The Morgan fingerprint density at radius 1 is 0.919 bits per heavy atom. The summed E-state index contributed by atoms with van der Waals surface area (Å²) in [5.74, 6) is 0.361. The first-order valence-corrected chi connectivity index (χ1v) is 11.2. The van der Waals surface area contributed by atoms with Crippen molar-refractivity contribution in [2.75, 3.05) is 13.2 Å². The summed E-state index contributed by atoms with van der Waals surface area (Å²) in [4.78, 5) is 33.1. The van der Waals surface area contributed by atoms with Crippen LogP contribution in [0.1, 0.15) is 29.8 Å². The Morgan fingerprint density at radius 3 is 2.24 bits per heavy atom. The zero-order valence-electron chi connectivity index (χ0n) is 19.7. The van der Waals surface area contributed by atoms with E-state index in [0.29, 0.717) is 35.8 Å². The Kier molecular flexibility index (Phi) is 8.95. The molecule has 1 N–H and O–H groups in total. The minimum absolute atomic E-state index is 0.0812. The second-order valence-electron chi connectivity index (χ2n) is 7.18. The van der Waals surface area contributed by atoms with Crippen LogP contribution >= 0.6 is 11.6 Å². The van der Waals surface area contributed by atoms with Crippen molar-refractivity contribution < 1.29 is 28.9 Å². The zero-order valence-corrected chi connectivity index (χ0v) is 20.4. The van der Waals surface area contributed by atoms with Gasteiger partial charge in [-0.2, -0.15) is 5.10 Å². The van der Waals surface area contributed by atoms with Crippen molar-refractivity contribution in [3.63, 3.8) is 0 Å². The van der Waals surface area contributed by atoms with Crippen LogP contribution in [-0.2, 0) is 0 Å². The first kappa shape index (κ1) is 26.9. The maximum Gasteiger partial charge on any atom is 0.318 e. The number of carbonyl (C=O) groups is 1. The summed E-state index contributed by atoms with van der Waals surface area (Å²) in [7, 11) is 0. The number of nitrogens with zero attached hydrogens (tertiary/aromatic N) is 3. The molecule has 13 heteroatoms. The fraction of sp³-hybridized carbons (Fsp3) is 0.167. The number of nitro groups is 2. The number of ether oxygens (including phenoxy) is 3. The van der Waals surface area contributed by atoms with E-state index in [2.05, 4.69) is 10.5 Å². The number of nitro benzene ring substituents is 2. The van der Waals surface area contributed by atoms with E-state index in [1.54, 1.807) is 24.3 Å². The lowest BCUT2D eigenvalue weighted by Gasteiger charge is -2.11. The molecule has 0 spiro atoms. The molecule has 0 heterocycles. The van der Waals surface area contributed by atoms with Crippen molar-refractivity contribution >= 4 is 35.1 Å². The first-order valence-electron chi connectivity index (χ1n) is 10.9. The van der Waals surface area contributed by atoms with E-state index in [0.717, 1.165) is 18.2 Å². The zero-order chi connectivity index (χ0) is 26.9. The normalized spacial score (nSPS) is 10.7. The van der Waals surface area contributed by atoms with Gasteiger partial charge in [-0.3, -0.25) is 25.0 Å². The van der Waals surface area contributed by atoms with Crippen LogP contribution < -0.4 is 19.6 Å². The highest BCUT2D eigenvalue weighted by Gasteiger charge is 2.22. The number of non-ortho nitro benzene ring substituents is 1. The molecule has 0 aliphatic heterocycles. The lowest BCUT2D eigenvalue weighted by atomic mass is 10.2. The molecule has 0 unspecified atom stereocenters. The van der Waals surface area contributed by atoms with Gasteiger partial charge in [-0.25, -0.2) is 5.43 Å². The summed E-state index contributed by atoms with van der Waals surface area (Å²) in [6.45, 7) is 4.52. The number of hydrogen-bond donors (Lipinski definition) is 1. The van der Waals surface area contributed by atoms with Crippen LogP contribution in [0.15, 0.2) is 59.7 Å². The number of hydrazone groups is 1. The quantitative estimate of drug-likeness (QED) is 0.194. The number of hydrogen-bond acceptors (Lipinski definition) is 9. The molecule has 0 aliphatic rings. The number of amides is 1. The third-order valence-electron chi connectivity index (χ3n) is 4.71. The van der Waals surface area contributed by atoms with Crippen molar-refractivity contribution in [3.05, 3.63) is 91.0 Å². The van der Waals surface area contributed by atoms with Gasteiger partial charge in [0, 0.05) is 11.6 Å². The maximum atomic E-state index is 12.5. The second-order valence-corrected chi connectivity index (χ2v) is 7.59. The topological polar surface area (TPSA) is 155 Å². The fourth-order valence-corrected chi connectivity index (χ4v) is 3.30. The molecule has 37 heavy (non-hydrogen) atoms. The summed E-state index contributed by atoms with van der Waals surface area (Å²) in [5.41, 5.74) is 2.19. The predicted molar refractivity (Wildman–Crippen MR) is 135 cm³/mol. The third kappa shape index (κ3) is 6.92. The molecule has 0 saturated carbocycles. The molecule has 3 aromatic carbocycles. The van der Waals surface area contributed by atoms with Gasteiger partial charge in [0.2, 0.25) is 5.75 Å². The highest BCUT2D eigenvalue weighted by molar-refractivity contribution is 6.32. The van der Waals surface area contributed by atoms with Gasteiger partial charge in [-0.15, -0.1) is 0 Å². The molecule has 0 atom stereocenters. The lowest BCUT2D eigenvalue weighted by molar-refractivity contribution is -0.394. The van der Waals surface area contributed by atoms with Crippen LogP contribution in [-0.4, -0.2) is 35.2 Å². The Hall–Kier alpha value is -4.71. The molecule has 0 radical (unpaired) electrons. The minimum Gasteiger partial charge on any atom is -0.490 e. The number of rotatable bonds is 11. The lowest BCUT2D eigenvalue weighted by Crippen LogP contribution is -2.17. The van der Waals surface area contributed by atoms with Crippen LogP contribution in [0.3, 0.4) is 0 Å². The molecule has 192 valence electrons. The van der Waals surface area contributed by atoms with E-state index in [1.165, 1.54) is 18.3 Å². The Balaban J connectivity index is 1.70. The number of halogens is 1. The average molecular weight is 529 g/mol. The monoisotopic (exact) mass is 528 g/mol. The summed E-state index contributed by atoms with van der Waals surface area (Å²) < 4.78 is 16.5. The van der Waals surface area contributed by atoms with Crippen molar-refractivity contribution in [1.29, 1.82) is 0 Å². The van der Waals surface area contributed by atoms with Crippen LogP contribution in [0, 0.1) is 20.2 Å². The average Bonchev–Trinajstić information content (AvgIpc) is 2.86. The largest absolute Gasteiger partial charge is 0.490 e. The van der Waals surface area contributed by atoms with Gasteiger partial charge < -0.3 is 14.2 Å². The highest BCUT2D eigenvalue weighted by Crippen LogP contribution is 2.37. The number of benzene rings is 3. The van der Waals surface area contributed by atoms with E-state index in [1.807, 2.05) is 13.8 Å². The van der Waals surface area contributed by atoms with Gasteiger partial charge in [0.25, 0.3) is 11.6 Å². The van der Waals surface area contributed by atoms with Crippen LogP contribution in [0.5, 0.6) is 23.0 Å². The third-order valence-corrected chi connectivity index (χ3v) is 5.01. The Labute approximate surface area is 215 Å². The summed E-state index contributed by atoms with van der Waals surface area (Å²) in [6.07, 6.45) is 1.35. The van der Waals surface area contributed by atoms with E-state index >= 15 is 0 Å². The van der Waals surface area contributed by atoms with Gasteiger partial charge in [0.05, 0.1) is 40.4 Å². The van der Waals surface area contributed by atoms with Crippen molar-refractivity contribution in [2.45, 2.75) is 13.8 Å². The van der Waals surface area contributed by atoms with Gasteiger partial charge in [0.15, 0.2) is 11.5 Å². The molecule has 12 nitrogen and oxygen atoms in total. The summed E-state index contributed by atoms with van der Waals surface area (Å²) in [6, 6.07) is 12.2. The van der Waals surface area contributed by atoms with Gasteiger partial charge in [0.1, 0.15) is 5.75 Å². The predicted octanol–water partition coefficient (Wildman–Crippen LogP) is 5.51. The number of nitrogens with one attached hydrogen (secondary N) is 1. The van der Waals surface area contributed by atoms with Crippen molar-refractivity contribution in [1.82, 2.24) is 5.43 Å². The van der Waals surface area contributed by atoms with Gasteiger partial charge in [-0.05, 0) is 61.9 Å². The number of carbonyl (C=O) groups excluding carboxylic acids is 1. The van der Waals surface area contributed by atoms with Crippen LogP contribution in [0.2, 0.25) is 5.02 Å². The molecular formula is C24H21ClN4O8. The summed E-state index contributed by atoms with van der Waals surface area (Å²) in [5, 5.41) is 26.2. The minimum atomic E-state index is -0.790. The summed E-state index contributed by atoms with van der Waals surface area (Å²) >= 11 is 6.24. The molecule has 3 aromatic rings. The molecule has 0 aliphatic carbocycles. The second kappa shape index (κ2) is 12.3. The fourth-order valence-electron chi connectivity index (χ4n) is 3.07. The van der Waals surface area contributed by atoms with E-state index in [9.17, 15) is 25.0 Å². The molecule has 0 fully saturated rings. The van der Waals surface area contributed by atoms with E-state index in [-0.39, 0.29) is 16.5 Å². The molecular weight excluding hydrogens is 508 g/mol. The van der Waals surface area contributed by atoms with Gasteiger partial charge in [-0.1, -0.05) is 11.6 Å². The van der Waals surface area contributed by atoms with E-state index < -0.39 is 27.1 Å². The Morgan fingerprint density at radius 2 is 1.59 bits per heavy atom. The van der Waals surface area contributed by atoms with Gasteiger partial charge >= 0.3 is 5.69 Å². The molecule has 0 saturated heterocycles. The van der Waals surface area contributed by atoms with Crippen molar-refractivity contribution in [2.24, 2.45) is 5.10 Å². The van der Waals surface area contributed by atoms with E-state index in [4.69, 9.17) is 25.8 Å². The van der Waals surface area contributed by atoms with Crippen LogP contribution in [0.4, 0.5) is 11.4 Å². The SMILES string of the molecule is CCOc1ccc(C(=O)N/N=C/c2ccc(Oc3ccc([N+](=O)[O-])cc3[N+](=O)[O-])c(Cl)c2)cc1OCC. The molecule has 0 aromatic heterocycles. The highest BCUT2D eigenvalue weighted by atomic mass is 35.5.